The zero-order valence-corrected chi connectivity index (χ0v) is 14.9. The fraction of sp³-hybridized carbons (Fsp3) is 0.706. The van der Waals surface area contributed by atoms with Crippen LogP contribution in [0.25, 0.3) is 0 Å². The standard InChI is InChI=1S/C17H25NO7/c1-5-21-12(19)9-10(18-11-7-6-8-22-11)13-14(20-4)15-16(23-13)25-17(2,3)24-15/h6-8,10,13-16,18H,5,9H2,1-4H3/t10?,13-,14+,15-,16-/m1/s1. The smallest absolute Gasteiger partial charge is 0.307 e. The molecular weight excluding hydrogens is 330 g/mol. The molecular formula is C17H25NO7. The molecule has 25 heavy (non-hydrogen) atoms. The van der Waals surface area contributed by atoms with Crippen molar-refractivity contribution in [1.82, 2.24) is 0 Å². The van der Waals surface area contributed by atoms with Crippen molar-refractivity contribution in [3.05, 3.63) is 18.4 Å². The summed E-state index contributed by atoms with van der Waals surface area (Å²) >= 11 is 0. The van der Waals surface area contributed by atoms with Gasteiger partial charge in [-0.05, 0) is 26.8 Å². The molecule has 5 atom stereocenters. The van der Waals surface area contributed by atoms with E-state index in [0.717, 1.165) is 0 Å². The highest BCUT2D eigenvalue weighted by Crippen LogP contribution is 2.40. The Hall–Kier alpha value is -1.61. The molecule has 2 aliphatic heterocycles. The van der Waals surface area contributed by atoms with Gasteiger partial charge in [0.05, 0.1) is 25.3 Å². The van der Waals surface area contributed by atoms with Crippen molar-refractivity contribution in [2.24, 2.45) is 0 Å². The van der Waals surface area contributed by atoms with E-state index in [-0.39, 0.29) is 18.5 Å². The highest BCUT2D eigenvalue weighted by atomic mass is 16.8. The number of furan rings is 1. The second kappa shape index (κ2) is 7.33. The van der Waals surface area contributed by atoms with Crippen molar-refractivity contribution in [2.75, 3.05) is 19.0 Å². The van der Waals surface area contributed by atoms with Gasteiger partial charge in [0.15, 0.2) is 18.0 Å². The lowest BCUT2D eigenvalue weighted by atomic mass is 10.0. The van der Waals surface area contributed by atoms with Gasteiger partial charge in [-0.3, -0.25) is 4.79 Å². The Morgan fingerprint density at radius 1 is 1.40 bits per heavy atom. The van der Waals surface area contributed by atoms with Crippen LogP contribution in [-0.4, -0.2) is 56.1 Å². The average molecular weight is 355 g/mol. The second-order valence-corrected chi connectivity index (χ2v) is 6.51. The molecule has 0 bridgehead atoms. The third-order valence-electron chi connectivity index (χ3n) is 4.24. The van der Waals surface area contributed by atoms with Gasteiger partial charge in [0.1, 0.15) is 18.3 Å². The van der Waals surface area contributed by atoms with Gasteiger partial charge in [-0.25, -0.2) is 0 Å². The summed E-state index contributed by atoms with van der Waals surface area (Å²) in [5, 5.41) is 3.18. The van der Waals surface area contributed by atoms with E-state index in [0.29, 0.717) is 12.5 Å². The van der Waals surface area contributed by atoms with E-state index in [2.05, 4.69) is 5.32 Å². The van der Waals surface area contributed by atoms with Crippen LogP contribution >= 0.6 is 0 Å². The van der Waals surface area contributed by atoms with Gasteiger partial charge >= 0.3 is 5.97 Å². The van der Waals surface area contributed by atoms with E-state index in [9.17, 15) is 4.79 Å². The number of rotatable bonds is 7. The summed E-state index contributed by atoms with van der Waals surface area (Å²) in [4.78, 5) is 12.0. The molecule has 3 rings (SSSR count). The van der Waals surface area contributed by atoms with Crippen LogP contribution in [0.15, 0.2) is 22.8 Å². The molecule has 8 heteroatoms. The topological polar surface area (TPSA) is 88.4 Å². The normalized spacial score (nSPS) is 31.5. The molecule has 1 N–H and O–H groups in total. The number of hydrogen-bond donors (Lipinski definition) is 1. The summed E-state index contributed by atoms with van der Waals surface area (Å²) in [7, 11) is 1.59. The number of carbonyl (C=O) groups is 1. The van der Waals surface area contributed by atoms with Crippen LogP contribution in [0.4, 0.5) is 5.88 Å². The zero-order chi connectivity index (χ0) is 18.0. The third-order valence-corrected chi connectivity index (χ3v) is 4.24. The van der Waals surface area contributed by atoms with E-state index in [1.807, 2.05) is 13.8 Å². The first-order valence-electron chi connectivity index (χ1n) is 8.43. The van der Waals surface area contributed by atoms with Crippen LogP contribution in [0, 0.1) is 0 Å². The predicted molar refractivity (Wildman–Crippen MR) is 86.9 cm³/mol. The monoisotopic (exact) mass is 355 g/mol. The Balaban J connectivity index is 1.76. The molecule has 2 saturated heterocycles. The van der Waals surface area contributed by atoms with Gasteiger partial charge in [0.25, 0.3) is 0 Å². The molecule has 1 aromatic rings. The molecule has 8 nitrogen and oxygen atoms in total. The summed E-state index contributed by atoms with van der Waals surface area (Å²) in [6.45, 7) is 5.74. The van der Waals surface area contributed by atoms with E-state index >= 15 is 0 Å². The average Bonchev–Trinajstić information content (AvgIpc) is 3.21. The SMILES string of the molecule is CCOC(=O)CC(Nc1ccco1)[C@H]1O[C@@H]2OC(C)(C)O[C@@H]2[C@H]1OC. The Morgan fingerprint density at radius 2 is 2.20 bits per heavy atom. The minimum Gasteiger partial charge on any atom is -0.466 e. The summed E-state index contributed by atoms with van der Waals surface area (Å²) < 4.78 is 33.8. The molecule has 0 amide bonds. The van der Waals surface area contributed by atoms with Crippen LogP contribution in [0.2, 0.25) is 0 Å². The second-order valence-electron chi connectivity index (χ2n) is 6.51. The lowest BCUT2D eigenvalue weighted by molar-refractivity contribution is -0.218. The quantitative estimate of drug-likeness (QED) is 0.742. The van der Waals surface area contributed by atoms with Gasteiger partial charge in [-0.1, -0.05) is 0 Å². The molecule has 2 fully saturated rings. The Bertz CT molecular complexity index is 574. The van der Waals surface area contributed by atoms with E-state index in [1.54, 1.807) is 32.4 Å². The first-order chi connectivity index (χ1) is 11.9. The number of anilines is 1. The molecule has 0 saturated carbocycles. The van der Waals surface area contributed by atoms with Crippen molar-refractivity contribution in [2.45, 2.75) is 63.6 Å². The van der Waals surface area contributed by atoms with Crippen LogP contribution in [0.5, 0.6) is 0 Å². The Kier molecular flexibility index (Phi) is 5.33. The first-order valence-corrected chi connectivity index (χ1v) is 8.43. The maximum Gasteiger partial charge on any atom is 0.307 e. The molecule has 0 radical (unpaired) electrons. The lowest BCUT2D eigenvalue weighted by Crippen LogP contribution is -2.46. The van der Waals surface area contributed by atoms with Crippen molar-refractivity contribution in [1.29, 1.82) is 0 Å². The summed E-state index contributed by atoms with van der Waals surface area (Å²) in [6.07, 6.45) is -0.126. The minimum atomic E-state index is -0.734. The third kappa shape index (κ3) is 3.98. The van der Waals surface area contributed by atoms with Crippen LogP contribution in [0.1, 0.15) is 27.2 Å². The summed E-state index contributed by atoms with van der Waals surface area (Å²) in [5.41, 5.74) is 0. The molecule has 140 valence electrons. The number of ether oxygens (including phenoxy) is 5. The number of fused-ring (bicyclic) bond motifs is 1. The van der Waals surface area contributed by atoms with Gasteiger partial charge < -0.3 is 33.4 Å². The highest BCUT2D eigenvalue weighted by molar-refractivity contribution is 5.70. The molecule has 1 unspecified atom stereocenters. The maximum absolute atomic E-state index is 12.0. The van der Waals surface area contributed by atoms with Gasteiger partial charge in [-0.2, -0.15) is 0 Å². The number of nitrogens with one attached hydrogen (secondary N) is 1. The number of hydrogen-bond acceptors (Lipinski definition) is 8. The van der Waals surface area contributed by atoms with Crippen LogP contribution in [0.3, 0.4) is 0 Å². The molecule has 1 aromatic heterocycles. The summed E-state index contributed by atoms with van der Waals surface area (Å²) in [5.74, 6) is -0.529. The van der Waals surface area contributed by atoms with E-state index in [1.165, 1.54) is 0 Å². The van der Waals surface area contributed by atoms with Gasteiger partial charge in [0.2, 0.25) is 0 Å². The van der Waals surface area contributed by atoms with Crippen molar-refractivity contribution in [3.63, 3.8) is 0 Å². The zero-order valence-electron chi connectivity index (χ0n) is 14.9. The lowest BCUT2D eigenvalue weighted by Gasteiger charge is -2.30. The first kappa shape index (κ1) is 18.2. The fourth-order valence-electron chi connectivity index (χ4n) is 3.29. The van der Waals surface area contributed by atoms with Gasteiger partial charge in [-0.15, -0.1) is 0 Å². The number of esters is 1. The number of methoxy groups -OCH3 is 1. The van der Waals surface area contributed by atoms with Crippen molar-refractivity contribution in [3.8, 4) is 0 Å². The minimum absolute atomic E-state index is 0.0991. The maximum atomic E-state index is 12.0. The molecule has 0 aromatic carbocycles. The molecule has 0 aliphatic carbocycles. The van der Waals surface area contributed by atoms with Crippen molar-refractivity contribution >= 4 is 11.9 Å². The van der Waals surface area contributed by atoms with Gasteiger partial charge in [0, 0.05) is 13.2 Å². The molecule has 3 heterocycles. The largest absolute Gasteiger partial charge is 0.466 e. The fourth-order valence-corrected chi connectivity index (χ4v) is 3.29. The highest BCUT2D eigenvalue weighted by Gasteiger charge is 2.57. The Labute approximate surface area is 146 Å². The molecule has 2 aliphatic rings. The van der Waals surface area contributed by atoms with Crippen LogP contribution in [-0.2, 0) is 28.5 Å². The predicted octanol–water partition coefficient (Wildman–Crippen LogP) is 1.90. The van der Waals surface area contributed by atoms with E-state index in [4.69, 9.17) is 28.1 Å². The van der Waals surface area contributed by atoms with E-state index < -0.39 is 30.3 Å². The number of carbonyl (C=O) groups excluding carboxylic acids is 1. The van der Waals surface area contributed by atoms with Crippen LogP contribution < -0.4 is 5.32 Å². The Morgan fingerprint density at radius 3 is 2.84 bits per heavy atom. The van der Waals surface area contributed by atoms with Crippen molar-refractivity contribution < 1.29 is 32.9 Å². The summed E-state index contributed by atoms with van der Waals surface area (Å²) in [6, 6.07) is 3.11. The molecule has 0 spiro atoms.